The molecule has 1 saturated heterocycles. The van der Waals surface area contributed by atoms with Crippen molar-refractivity contribution in [1.29, 1.82) is 0 Å². The predicted octanol–water partition coefficient (Wildman–Crippen LogP) is 2.19. The molecule has 1 unspecified atom stereocenters. The third kappa shape index (κ3) is 2.33. The first-order chi connectivity index (χ1) is 9.31. The number of pyridine rings is 1. The van der Waals surface area contributed by atoms with Crippen LogP contribution >= 0.6 is 15.9 Å². The van der Waals surface area contributed by atoms with Gasteiger partial charge in [0.25, 0.3) is 0 Å². The minimum absolute atomic E-state index is 0.0224. The number of halogens is 1. The van der Waals surface area contributed by atoms with Gasteiger partial charge in [-0.3, -0.25) is 0 Å². The van der Waals surface area contributed by atoms with Crippen molar-refractivity contribution in [3.05, 3.63) is 34.9 Å². The molecule has 0 radical (unpaired) electrons. The van der Waals surface area contributed by atoms with Crippen molar-refractivity contribution >= 4 is 32.5 Å². The zero-order chi connectivity index (χ0) is 13.2. The number of aromatic nitrogens is 1. The van der Waals surface area contributed by atoms with Crippen LogP contribution in [0.1, 0.15) is 0 Å². The summed E-state index contributed by atoms with van der Waals surface area (Å²) in [6.45, 7) is 2.04. The van der Waals surface area contributed by atoms with Crippen LogP contribution in [0.2, 0.25) is 0 Å². The second-order valence-electron chi connectivity index (χ2n) is 4.57. The lowest BCUT2D eigenvalue weighted by Crippen LogP contribution is -2.48. The fraction of sp³-hybridized carbons (Fsp3) is 0.357. The summed E-state index contributed by atoms with van der Waals surface area (Å²) in [5.41, 5.74) is 0. The average molecular weight is 323 g/mol. The maximum Gasteiger partial charge on any atom is 0.136 e. The van der Waals surface area contributed by atoms with E-state index in [2.05, 4.69) is 31.9 Å². The van der Waals surface area contributed by atoms with E-state index in [1.165, 1.54) is 0 Å². The summed E-state index contributed by atoms with van der Waals surface area (Å²) < 4.78 is 6.48. The molecule has 1 atom stereocenters. The quantitative estimate of drug-likeness (QED) is 0.920. The largest absolute Gasteiger partial charge is 0.394 e. The van der Waals surface area contributed by atoms with E-state index in [1.54, 1.807) is 0 Å². The van der Waals surface area contributed by atoms with Crippen molar-refractivity contribution in [2.75, 3.05) is 31.3 Å². The van der Waals surface area contributed by atoms with Gasteiger partial charge in [-0.1, -0.05) is 28.1 Å². The van der Waals surface area contributed by atoms with Crippen LogP contribution in [0.5, 0.6) is 0 Å². The third-order valence-corrected chi connectivity index (χ3v) is 4.13. The summed E-state index contributed by atoms with van der Waals surface area (Å²) >= 11 is 3.57. The molecule has 2 aromatic rings. The number of hydrogen-bond donors (Lipinski definition) is 1. The number of ether oxygens (including phenoxy) is 1. The highest BCUT2D eigenvalue weighted by Gasteiger charge is 2.24. The van der Waals surface area contributed by atoms with Gasteiger partial charge in [0.2, 0.25) is 0 Å². The summed E-state index contributed by atoms with van der Waals surface area (Å²) in [5, 5.41) is 11.7. The Labute approximate surface area is 120 Å². The predicted molar refractivity (Wildman–Crippen MR) is 78.5 cm³/mol. The van der Waals surface area contributed by atoms with Gasteiger partial charge in [-0.15, -0.1) is 0 Å². The van der Waals surface area contributed by atoms with Gasteiger partial charge in [0, 0.05) is 28.0 Å². The summed E-state index contributed by atoms with van der Waals surface area (Å²) in [4.78, 5) is 6.65. The first-order valence-corrected chi connectivity index (χ1v) is 7.09. The minimum Gasteiger partial charge on any atom is -0.394 e. The highest BCUT2D eigenvalue weighted by Crippen LogP contribution is 2.31. The van der Waals surface area contributed by atoms with E-state index in [4.69, 9.17) is 4.74 Å². The standard InChI is InChI=1S/C14H15BrN2O2/c15-13-3-1-2-12-11(13)4-5-16-14(12)17-6-7-19-9-10(17)8-18/h1-5,10,18H,6-9H2. The molecule has 0 bridgehead atoms. The number of nitrogens with zero attached hydrogens (tertiary/aromatic N) is 2. The number of aliphatic hydroxyl groups is 1. The fourth-order valence-corrected chi connectivity index (χ4v) is 2.97. The van der Waals surface area contributed by atoms with Crippen LogP contribution in [0, 0.1) is 0 Å². The van der Waals surface area contributed by atoms with Crippen LogP contribution in [0.15, 0.2) is 34.9 Å². The van der Waals surface area contributed by atoms with Crippen molar-refractivity contribution in [3.63, 3.8) is 0 Å². The summed E-state index contributed by atoms with van der Waals surface area (Å²) in [6.07, 6.45) is 1.81. The first-order valence-electron chi connectivity index (χ1n) is 6.29. The van der Waals surface area contributed by atoms with Crippen LogP contribution < -0.4 is 4.90 Å². The highest BCUT2D eigenvalue weighted by atomic mass is 79.9. The molecule has 0 saturated carbocycles. The molecule has 1 aliphatic heterocycles. The average Bonchev–Trinajstić information content (AvgIpc) is 2.47. The molecule has 3 rings (SSSR count). The van der Waals surface area contributed by atoms with Crippen molar-refractivity contribution < 1.29 is 9.84 Å². The van der Waals surface area contributed by atoms with Gasteiger partial charge < -0.3 is 14.7 Å². The Kier molecular flexibility index (Phi) is 3.68. The van der Waals surface area contributed by atoms with Gasteiger partial charge in [0.1, 0.15) is 5.82 Å². The maximum absolute atomic E-state index is 9.49. The van der Waals surface area contributed by atoms with E-state index >= 15 is 0 Å². The lowest BCUT2D eigenvalue weighted by molar-refractivity contribution is 0.0724. The van der Waals surface area contributed by atoms with E-state index in [9.17, 15) is 5.11 Å². The number of aliphatic hydroxyl groups excluding tert-OH is 1. The molecule has 5 heteroatoms. The van der Waals surface area contributed by atoms with E-state index in [1.807, 2.05) is 24.4 Å². The molecule has 1 fully saturated rings. The molecule has 1 N–H and O–H groups in total. The topological polar surface area (TPSA) is 45.6 Å². The Hall–Kier alpha value is -1.17. The lowest BCUT2D eigenvalue weighted by Gasteiger charge is -2.36. The normalized spacial score (nSPS) is 19.9. The smallest absolute Gasteiger partial charge is 0.136 e. The van der Waals surface area contributed by atoms with E-state index in [-0.39, 0.29) is 12.6 Å². The van der Waals surface area contributed by atoms with Crippen molar-refractivity contribution in [3.8, 4) is 0 Å². The third-order valence-electron chi connectivity index (χ3n) is 3.44. The Morgan fingerprint density at radius 1 is 1.37 bits per heavy atom. The molecule has 19 heavy (non-hydrogen) atoms. The van der Waals surface area contributed by atoms with Crippen LogP contribution in [-0.2, 0) is 4.74 Å². The molecular formula is C14H15BrN2O2. The number of fused-ring (bicyclic) bond motifs is 1. The molecule has 1 aromatic carbocycles. The van der Waals surface area contributed by atoms with Gasteiger partial charge in [-0.25, -0.2) is 4.98 Å². The Morgan fingerprint density at radius 2 is 2.26 bits per heavy atom. The van der Waals surface area contributed by atoms with Crippen molar-refractivity contribution in [2.24, 2.45) is 0 Å². The monoisotopic (exact) mass is 322 g/mol. The van der Waals surface area contributed by atoms with Crippen LogP contribution in [0.3, 0.4) is 0 Å². The second-order valence-corrected chi connectivity index (χ2v) is 5.43. The number of morpholine rings is 1. The molecule has 2 heterocycles. The van der Waals surface area contributed by atoms with E-state index in [0.29, 0.717) is 13.2 Å². The van der Waals surface area contributed by atoms with Crippen LogP contribution in [0.25, 0.3) is 10.8 Å². The van der Waals surface area contributed by atoms with Gasteiger partial charge in [-0.2, -0.15) is 0 Å². The SMILES string of the molecule is OCC1COCCN1c1nccc2c(Br)cccc12. The summed E-state index contributed by atoms with van der Waals surface area (Å²) in [6, 6.07) is 8.07. The molecular weight excluding hydrogens is 308 g/mol. The fourth-order valence-electron chi connectivity index (χ4n) is 2.47. The molecule has 100 valence electrons. The minimum atomic E-state index is -0.0224. The summed E-state index contributed by atoms with van der Waals surface area (Å²) in [7, 11) is 0. The van der Waals surface area contributed by atoms with Crippen molar-refractivity contribution in [1.82, 2.24) is 4.98 Å². The number of anilines is 1. The van der Waals surface area contributed by atoms with Crippen molar-refractivity contribution in [2.45, 2.75) is 6.04 Å². The molecule has 0 spiro atoms. The summed E-state index contributed by atoms with van der Waals surface area (Å²) in [5.74, 6) is 0.918. The molecule has 0 amide bonds. The lowest BCUT2D eigenvalue weighted by atomic mass is 10.1. The van der Waals surface area contributed by atoms with Gasteiger partial charge in [0.15, 0.2) is 0 Å². The van der Waals surface area contributed by atoms with E-state index in [0.717, 1.165) is 27.6 Å². The number of hydrogen-bond acceptors (Lipinski definition) is 4. The molecule has 4 nitrogen and oxygen atoms in total. The zero-order valence-electron chi connectivity index (χ0n) is 10.4. The Balaban J connectivity index is 2.11. The number of rotatable bonds is 2. The number of benzene rings is 1. The molecule has 1 aromatic heterocycles. The molecule has 1 aliphatic rings. The Morgan fingerprint density at radius 3 is 3.11 bits per heavy atom. The highest BCUT2D eigenvalue weighted by molar-refractivity contribution is 9.10. The zero-order valence-corrected chi connectivity index (χ0v) is 12.0. The molecule has 0 aliphatic carbocycles. The maximum atomic E-state index is 9.49. The second kappa shape index (κ2) is 5.45. The first kappa shape index (κ1) is 12.8. The van der Waals surface area contributed by atoms with Gasteiger partial charge >= 0.3 is 0 Å². The Bertz CT molecular complexity index is 591. The van der Waals surface area contributed by atoms with Gasteiger partial charge in [0.05, 0.1) is 25.9 Å². The van der Waals surface area contributed by atoms with Crippen LogP contribution in [-0.4, -0.2) is 42.5 Å². The van der Waals surface area contributed by atoms with Gasteiger partial charge in [-0.05, 0) is 12.1 Å². The van der Waals surface area contributed by atoms with E-state index < -0.39 is 0 Å². The van der Waals surface area contributed by atoms with Crippen LogP contribution in [0.4, 0.5) is 5.82 Å².